The molecule has 19 heavy (non-hydrogen) atoms. The fourth-order valence-corrected chi connectivity index (χ4v) is 1.87. The molecule has 0 saturated heterocycles. The molecular formula is C14H20F3NO. The Morgan fingerprint density at radius 1 is 1.32 bits per heavy atom. The van der Waals surface area contributed by atoms with Crippen LogP contribution in [0.25, 0.3) is 0 Å². The van der Waals surface area contributed by atoms with Crippen molar-refractivity contribution >= 4 is 0 Å². The molecule has 2 nitrogen and oxygen atoms in total. The van der Waals surface area contributed by atoms with Gasteiger partial charge in [-0.15, -0.1) is 0 Å². The zero-order chi connectivity index (χ0) is 14.3. The van der Waals surface area contributed by atoms with Gasteiger partial charge in [-0.25, -0.2) is 0 Å². The second-order valence-corrected chi connectivity index (χ2v) is 4.50. The summed E-state index contributed by atoms with van der Waals surface area (Å²) < 4.78 is 42.8. The first kappa shape index (κ1) is 16.0. The van der Waals surface area contributed by atoms with Gasteiger partial charge in [0.25, 0.3) is 0 Å². The van der Waals surface area contributed by atoms with Crippen LogP contribution >= 0.6 is 0 Å². The van der Waals surface area contributed by atoms with Crippen molar-refractivity contribution in [3.8, 4) is 0 Å². The van der Waals surface area contributed by atoms with Crippen molar-refractivity contribution in [2.24, 2.45) is 5.73 Å². The predicted molar refractivity (Wildman–Crippen MR) is 68.9 cm³/mol. The standard InChI is InChI=1S/C14H20F3NO/c1-2-19-8-4-7-13(18)10-11-5-3-6-12(9-11)14(15,16)17/h3,5-6,9,13H,2,4,7-8,10,18H2,1H3. The minimum absolute atomic E-state index is 0.135. The van der Waals surface area contributed by atoms with Crippen molar-refractivity contribution in [3.05, 3.63) is 35.4 Å². The summed E-state index contributed by atoms with van der Waals surface area (Å²) >= 11 is 0. The Morgan fingerprint density at radius 2 is 2.05 bits per heavy atom. The quantitative estimate of drug-likeness (QED) is 0.774. The van der Waals surface area contributed by atoms with Gasteiger partial charge < -0.3 is 10.5 Å². The van der Waals surface area contributed by atoms with Gasteiger partial charge >= 0.3 is 6.18 Å². The minimum atomic E-state index is -4.30. The maximum Gasteiger partial charge on any atom is 0.416 e. The third-order valence-electron chi connectivity index (χ3n) is 2.82. The lowest BCUT2D eigenvalue weighted by atomic mass is 10.0. The molecule has 0 radical (unpaired) electrons. The highest BCUT2D eigenvalue weighted by Gasteiger charge is 2.30. The van der Waals surface area contributed by atoms with Crippen molar-refractivity contribution < 1.29 is 17.9 Å². The van der Waals surface area contributed by atoms with Crippen molar-refractivity contribution in [3.63, 3.8) is 0 Å². The van der Waals surface area contributed by atoms with E-state index in [0.717, 1.165) is 18.9 Å². The van der Waals surface area contributed by atoms with Gasteiger partial charge in [-0.2, -0.15) is 13.2 Å². The van der Waals surface area contributed by atoms with Crippen LogP contribution in [0.3, 0.4) is 0 Å². The molecular weight excluding hydrogens is 255 g/mol. The van der Waals surface area contributed by atoms with E-state index in [1.165, 1.54) is 12.1 Å². The Bertz CT molecular complexity index is 379. The van der Waals surface area contributed by atoms with E-state index in [9.17, 15) is 13.2 Å². The zero-order valence-electron chi connectivity index (χ0n) is 11.0. The molecule has 0 bridgehead atoms. The molecule has 0 fully saturated rings. The summed E-state index contributed by atoms with van der Waals surface area (Å²) in [5, 5.41) is 0. The van der Waals surface area contributed by atoms with Crippen molar-refractivity contribution in [1.29, 1.82) is 0 Å². The Hall–Kier alpha value is -1.07. The summed E-state index contributed by atoms with van der Waals surface area (Å²) in [6.45, 7) is 3.23. The van der Waals surface area contributed by atoms with Crippen LogP contribution in [0.1, 0.15) is 30.9 Å². The van der Waals surface area contributed by atoms with Crippen molar-refractivity contribution in [2.45, 2.75) is 38.4 Å². The molecule has 0 aliphatic rings. The van der Waals surface area contributed by atoms with Crippen LogP contribution in [-0.4, -0.2) is 19.3 Å². The van der Waals surface area contributed by atoms with E-state index < -0.39 is 11.7 Å². The fraction of sp³-hybridized carbons (Fsp3) is 0.571. The van der Waals surface area contributed by atoms with Crippen LogP contribution in [0.15, 0.2) is 24.3 Å². The third-order valence-corrected chi connectivity index (χ3v) is 2.82. The number of halogens is 3. The number of rotatable bonds is 7. The Labute approximate surface area is 111 Å². The molecule has 1 atom stereocenters. The predicted octanol–water partition coefficient (Wildman–Crippen LogP) is 3.39. The molecule has 1 unspecified atom stereocenters. The average molecular weight is 275 g/mol. The molecule has 0 aliphatic carbocycles. The van der Waals surface area contributed by atoms with E-state index in [1.807, 2.05) is 6.92 Å². The lowest BCUT2D eigenvalue weighted by Gasteiger charge is -2.13. The van der Waals surface area contributed by atoms with Gasteiger partial charge in [0.1, 0.15) is 0 Å². The highest BCUT2D eigenvalue weighted by Crippen LogP contribution is 2.29. The van der Waals surface area contributed by atoms with Crippen LogP contribution in [0.2, 0.25) is 0 Å². The molecule has 5 heteroatoms. The van der Waals surface area contributed by atoms with Crippen LogP contribution < -0.4 is 5.73 Å². The van der Waals surface area contributed by atoms with Crippen molar-refractivity contribution in [2.75, 3.05) is 13.2 Å². The van der Waals surface area contributed by atoms with Gasteiger partial charge in [-0.1, -0.05) is 18.2 Å². The molecule has 0 aliphatic heterocycles. The zero-order valence-corrected chi connectivity index (χ0v) is 11.0. The summed E-state index contributed by atoms with van der Waals surface area (Å²) in [4.78, 5) is 0. The highest BCUT2D eigenvalue weighted by atomic mass is 19.4. The first-order valence-corrected chi connectivity index (χ1v) is 6.43. The van der Waals surface area contributed by atoms with Gasteiger partial charge in [0.05, 0.1) is 5.56 Å². The molecule has 0 aromatic heterocycles. The second kappa shape index (κ2) is 7.50. The molecule has 1 aromatic rings. The maximum atomic E-state index is 12.5. The van der Waals surface area contributed by atoms with Crippen LogP contribution in [0.4, 0.5) is 13.2 Å². The van der Waals surface area contributed by atoms with Gasteiger partial charge in [-0.05, 0) is 37.8 Å². The van der Waals surface area contributed by atoms with Crippen LogP contribution in [0, 0.1) is 0 Å². The first-order valence-electron chi connectivity index (χ1n) is 6.43. The lowest BCUT2D eigenvalue weighted by molar-refractivity contribution is -0.137. The molecule has 0 amide bonds. The molecule has 2 N–H and O–H groups in total. The van der Waals surface area contributed by atoms with E-state index >= 15 is 0 Å². The van der Waals surface area contributed by atoms with Crippen molar-refractivity contribution in [1.82, 2.24) is 0 Å². The lowest BCUT2D eigenvalue weighted by Crippen LogP contribution is -2.23. The van der Waals surface area contributed by atoms with E-state index in [4.69, 9.17) is 10.5 Å². The summed E-state index contributed by atoms with van der Waals surface area (Å²) in [6.07, 6.45) is -2.27. The summed E-state index contributed by atoms with van der Waals surface area (Å²) in [6, 6.07) is 5.21. The number of hydrogen-bond acceptors (Lipinski definition) is 2. The molecule has 0 heterocycles. The topological polar surface area (TPSA) is 35.2 Å². The SMILES string of the molecule is CCOCCCC(N)Cc1cccc(C(F)(F)F)c1. The Balaban J connectivity index is 2.48. The summed E-state index contributed by atoms with van der Waals surface area (Å²) in [5.74, 6) is 0. The number of nitrogens with two attached hydrogens (primary N) is 1. The summed E-state index contributed by atoms with van der Waals surface area (Å²) in [5.41, 5.74) is 5.92. The number of alkyl halides is 3. The molecule has 0 spiro atoms. The van der Waals surface area contributed by atoms with Gasteiger partial charge in [0.2, 0.25) is 0 Å². The summed E-state index contributed by atoms with van der Waals surface area (Å²) in [7, 11) is 0. The molecule has 108 valence electrons. The van der Waals surface area contributed by atoms with E-state index in [0.29, 0.717) is 25.2 Å². The fourth-order valence-electron chi connectivity index (χ4n) is 1.87. The van der Waals surface area contributed by atoms with E-state index in [2.05, 4.69) is 0 Å². The monoisotopic (exact) mass is 275 g/mol. The number of benzene rings is 1. The van der Waals surface area contributed by atoms with Gasteiger partial charge in [-0.3, -0.25) is 0 Å². The Kier molecular flexibility index (Phi) is 6.31. The van der Waals surface area contributed by atoms with Gasteiger partial charge in [0.15, 0.2) is 0 Å². The maximum absolute atomic E-state index is 12.5. The molecule has 0 saturated carbocycles. The Morgan fingerprint density at radius 3 is 2.68 bits per heavy atom. The van der Waals surface area contributed by atoms with Gasteiger partial charge in [0, 0.05) is 19.3 Å². The smallest absolute Gasteiger partial charge is 0.382 e. The first-order chi connectivity index (χ1) is 8.93. The number of hydrogen-bond donors (Lipinski definition) is 1. The average Bonchev–Trinajstić information content (AvgIpc) is 2.34. The van der Waals surface area contributed by atoms with Crippen LogP contribution in [-0.2, 0) is 17.3 Å². The van der Waals surface area contributed by atoms with E-state index in [-0.39, 0.29) is 6.04 Å². The van der Waals surface area contributed by atoms with E-state index in [1.54, 1.807) is 6.07 Å². The van der Waals surface area contributed by atoms with Crippen LogP contribution in [0.5, 0.6) is 0 Å². The second-order valence-electron chi connectivity index (χ2n) is 4.50. The normalized spacial score (nSPS) is 13.5. The number of ether oxygens (including phenoxy) is 1. The highest BCUT2D eigenvalue weighted by molar-refractivity contribution is 5.26. The largest absolute Gasteiger partial charge is 0.416 e. The minimum Gasteiger partial charge on any atom is -0.382 e. The molecule has 1 aromatic carbocycles. The molecule has 1 rings (SSSR count). The third kappa shape index (κ3) is 6.07.